The zero-order valence-electron chi connectivity index (χ0n) is 12.0. The smallest absolute Gasteiger partial charge is 0.159 e. The van der Waals surface area contributed by atoms with Gasteiger partial charge in [-0.3, -0.25) is 0 Å². The van der Waals surface area contributed by atoms with Gasteiger partial charge >= 0.3 is 0 Å². The van der Waals surface area contributed by atoms with Crippen molar-refractivity contribution in [1.82, 2.24) is 15.5 Å². The fourth-order valence-electron chi connectivity index (χ4n) is 2.99. The summed E-state index contributed by atoms with van der Waals surface area (Å²) in [7, 11) is 0. The third-order valence-electron chi connectivity index (χ3n) is 4.17. The van der Waals surface area contributed by atoms with E-state index in [1.807, 2.05) is 6.20 Å². The molecule has 1 aliphatic rings. The van der Waals surface area contributed by atoms with Gasteiger partial charge in [-0.05, 0) is 38.8 Å². The van der Waals surface area contributed by atoms with Crippen molar-refractivity contribution in [2.75, 3.05) is 31.1 Å². The minimum Gasteiger partial charge on any atom is -0.355 e. The number of nitrogens with zero attached hydrogens (tertiary/aromatic N) is 3. The van der Waals surface area contributed by atoms with Gasteiger partial charge in [-0.1, -0.05) is 24.3 Å². The average Bonchev–Trinajstić information content (AvgIpc) is 2.53. The summed E-state index contributed by atoms with van der Waals surface area (Å²) in [5.74, 6) is 1.79. The number of hydrogen-bond donors (Lipinski definition) is 1. The molecule has 2 aromatic rings. The molecule has 1 aromatic heterocycles. The van der Waals surface area contributed by atoms with Crippen molar-refractivity contribution in [3.05, 3.63) is 30.5 Å². The van der Waals surface area contributed by atoms with Gasteiger partial charge in [0.15, 0.2) is 5.82 Å². The van der Waals surface area contributed by atoms with Crippen LogP contribution < -0.4 is 10.2 Å². The van der Waals surface area contributed by atoms with Crippen LogP contribution in [0.5, 0.6) is 0 Å². The van der Waals surface area contributed by atoms with Crippen molar-refractivity contribution in [1.29, 1.82) is 0 Å². The third-order valence-corrected chi connectivity index (χ3v) is 4.17. The van der Waals surface area contributed by atoms with Crippen LogP contribution in [-0.2, 0) is 0 Å². The van der Waals surface area contributed by atoms with Crippen molar-refractivity contribution in [3.8, 4) is 0 Å². The molecule has 0 saturated carbocycles. The largest absolute Gasteiger partial charge is 0.355 e. The fraction of sp³-hybridized carbons (Fsp3) is 0.500. The van der Waals surface area contributed by atoms with Crippen LogP contribution in [-0.4, -0.2) is 36.4 Å². The zero-order valence-corrected chi connectivity index (χ0v) is 12.0. The Morgan fingerprint density at radius 3 is 2.85 bits per heavy atom. The lowest BCUT2D eigenvalue weighted by molar-refractivity contribution is 0.374. The predicted molar refractivity (Wildman–Crippen MR) is 83.0 cm³/mol. The van der Waals surface area contributed by atoms with E-state index < -0.39 is 0 Å². The number of aromatic nitrogens is 2. The summed E-state index contributed by atoms with van der Waals surface area (Å²) in [4.78, 5) is 2.38. The van der Waals surface area contributed by atoms with Gasteiger partial charge < -0.3 is 10.2 Å². The molecular weight excluding hydrogens is 248 g/mol. The molecule has 106 valence electrons. The summed E-state index contributed by atoms with van der Waals surface area (Å²) >= 11 is 0. The van der Waals surface area contributed by atoms with Crippen molar-refractivity contribution < 1.29 is 0 Å². The molecule has 20 heavy (non-hydrogen) atoms. The van der Waals surface area contributed by atoms with Crippen LogP contribution in [0.1, 0.15) is 19.8 Å². The molecule has 1 N–H and O–H groups in total. The first-order valence-electron chi connectivity index (χ1n) is 7.54. The summed E-state index contributed by atoms with van der Waals surface area (Å²) < 4.78 is 0. The summed E-state index contributed by atoms with van der Waals surface area (Å²) in [6.07, 6.45) is 4.36. The van der Waals surface area contributed by atoms with E-state index in [9.17, 15) is 0 Å². The minimum absolute atomic E-state index is 0.761. The van der Waals surface area contributed by atoms with Crippen molar-refractivity contribution >= 4 is 16.6 Å². The monoisotopic (exact) mass is 270 g/mol. The molecule has 4 nitrogen and oxygen atoms in total. The highest BCUT2D eigenvalue weighted by atomic mass is 15.3. The fourth-order valence-corrected chi connectivity index (χ4v) is 2.99. The van der Waals surface area contributed by atoms with Crippen molar-refractivity contribution in [2.24, 2.45) is 5.92 Å². The SMILES string of the molecule is CCN(CC1CCNCC1)c1nncc2ccccc12. The lowest BCUT2D eigenvalue weighted by Crippen LogP contribution is -2.36. The Morgan fingerprint density at radius 1 is 1.25 bits per heavy atom. The van der Waals surface area contributed by atoms with Gasteiger partial charge in [0, 0.05) is 23.9 Å². The molecule has 0 aliphatic carbocycles. The number of nitrogens with one attached hydrogen (secondary N) is 1. The summed E-state index contributed by atoms with van der Waals surface area (Å²) in [6.45, 7) is 6.55. The van der Waals surface area contributed by atoms with Crippen LogP contribution in [0.4, 0.5) is 5.82 Å². The van der Waals surface area contributed by atoms with Crippen LogP contribution in [0.3, 0.4) is 0 Å². The molecule has 1 aliphatic heterocycles. The number of rotatable bonds is 4. The van der Waals surface area contributed by atoms with Gasteiger partial charge in [-0.15, -0.1) is 5.10 Å². The zero-order chi connectivity index (χ0) is 13.8. The van der Waals surface area contributed by atoms with Crippen LogP contribution in [0.25, 0.3) is 10.8 Å². The minimum atomic E-state index is 0.761. The molecule has 0 amide bonds. The first-order chi connectivity index (χ1) is 9.88. The lowest BCUT2D eigenvalue weighted by Gasteiger charge is -2.30. The van der Waals surface area contributed by atoms with Crippen LogP contribution >= 0.6 is 0 Å². The molecule has 0 spiro atoms. The van der Waals surface area contributed by atoms with Crippen LogP contribution in [0.15, 0.2) is 30.5 Å². The number of fused-ring (bicyclic) bond motifs is 1. The number of piperidine rings is 1. The van der Waals surface area contributed by atoms with E-state index in [1.165, 1.54) is 23.6 Å². The Hall–Kier alpha value is -1.68. The standard InChI is InChI=1S/C16H22N4/c1-2-20(12-13-7-9-17-10-8-13)16-15-6-4-3-5-14(15)11-18-19-16/h3-6,11,13,17H,2,7-10,12H2,1H3. The van der Waals surface area contributed by atoms with Gasteiger partial charge in [0.1, 0.15) is 0 Å². The Balaban J connectivity index is 1.86. The molecule has 0 bridgehead atoms. The van der Waals surface area contributed by atoms with E-state index in [-0.39, 0.29) is 0 Å². The van der Waals surface area contributed by atoms with E-state index in [0.717, 1.165) is 37.9 Å². The second kappa shape index (κ2) is 6.18. The first kappa shape index (κ1) is 13.3. The van der Waals surface area contributed by atoms with Gasteiger partial charge in [-0.25, -0.2) is 0 Å². The van der Waals surface area contributed by atoms with Crippen molar-refractivity contribution in [3.63, 3.8) is 0 Å². The molecule has 0 radical (unpaired) electrons. The predicted octanol–water partition coefficient (Wildman–Crippen LogP) is 2.46. The van der Waals surface area contributed by atoms with Gasteiger partial charge in [0.2, 0.25) is 0 Å². The molecular formula is C16H22N4. The maximum atomic E-state index is 4.40. The maximum Gasteiger partial charge on any atom is 0.159 e. The summed E-state index contributed by atoms with van der Waals surface area (Å²) in [6, 6.07) is 8.37. The first-order valence-corrected chi connectivity index (χ1v) is 7.54. The second-order valence-electron chi connectivity index (χ2n) is 5.49. The average molecular weight is 270 g/mol. The molecule has 0 atom stereocenters. The third kappa shape index (κ3) is 2.75. The highest BCUT2D eigenvalue weighted by molar-refractivity contribution is 5.91. The Kier molecular flexibility index (Phi) is 4.11. The van der Waals surface area contributed by atoms with Crippen LogP contribution in [0, 0.1) is 5.92 Å². The Labute approximate surface area is 120 Å². The quantitative estimate of drug-likeness (QED) is 0.926. The highest BCUT2D eigenvalue weighted by Gasteiger charge is 2.18. The van der Waals surface area contributed by atoms with E-state index in [0.29, 0.717) is 0 Å². The Morgan fingerprint density at radius 2 is 2.05 bits per heavy atom. The lowest BCUT2D eigenvalue weighted by atomic mass is 9.97. The van der Waals surface area contributed by atoms with Gasteiger partial charge in [0.25, 0.3) is 0 Å². The molecule has 0 unspecified atom stereocenters. The maximum absolute atomic E-state index is 4.40. The van der Waals surface area contributed by atoms with Crippen LogP contribution in [0.2, 0.25) is 0 Å². The van der Waals surface area contributed by atoms with Crippen molar-refractivity contribution in [2.45, 2.75) is 19.8 Å². The van der Waals surface area contributed by atoms with E-state index in [1.54, 1.807) is 0 Å². The molecule has 1 aromatic carbocycles. The molecule has 2 heterocycles. The number of hydrogen-bond acceptors (Lipinski definition) is 4. The van der Waals surface area contributed by atoms with E-state index in [4.69, 9.17) is 0 Å². The highest BCUT2D eigenvalue weighted by Crippen LogP contribution is 2.25. The summed E-state index contributed by atoms with van der Waals surface area (Å²) in [5, 5.41) is 14.4. The van der Waals surface area contributed by atoms with Gasteiger partial charge in [-0.2, -0.15) is 5.10 Å². The summed E-state index contributed by atoms with van der Waals surface area (Å²) in [5.41, 5.74) is 0. The second-order valence-corrected chi connectivity index (χ2v) is 5.49. The Bertz CT molecular complexity index is 558. The molecule has 3 rings (SSSR count). The van der Waals surface area contributed by atoms with E-state index in [2.05, 4.69) is 51.6 Å². The van der Waals surface area contributed by atoms with E-state index >= 15 is 0 Å². The molecule has 1 saturated heterocycles. The topological polar surface area (TPSA) is 41.0 Å². The molecule has 4 heteroatoms. The normalized spacial score (nSPS) is 16.4. The molecule has 1 fully saturated rings. The number of benzene rings is 1. The van der Waals surface area contributed by atoms with Gasteiger partial charge in [0.05, 0.1) is 6.20 Å². The number of anilines is 1.